The van der Waals surface area contributed by atoms with Crippen LogP contribution in [0.3, 0.4) is 0 Å². The van der Waals surface area contributed by atoms with Crippen LogP contribution in [0.4, 0.5) is 0 Å². The standard InChI is InChI=1S/C27H30N2O9/c1-12-13-5-4-6-15(30)19(13)22(33)21-18(12)23(38-17(32)7-10-29-8-2-3-9-29)14-11-16(31)20(26(28)36)24(34)27(14,37)25(21)35/h4-6,12,14,18,23,30-31,35,37H,2-3,7-11H2,1H3,(H2,28,36)/t12-,14+,18+,23+,27+/m0/s1. The zero-order chi connectivity index (χ0) is 27.5. The minimum absolute atomic E-state index is 0.0153. The number of carbonyl (C=O) groups excluding carboxylic acids is 4. The highest BCUT2D eigenvalue weighted by atomic mass is 16.5. The lowest BCUT2D eigenvalue weighted by molar-refractivity contribution is -0.174. The van der Waals surface area contributed by atoms with Crippen molar-refractivity contribution in [1.29, 1.82) is 0 Å². The lowest BCUT2D eigenvalue weighted by Gasteiger charge is -2.51. The number of amides is 1. The molecule has 1 aromatic rings. The van der Waals surface area contributed by atoms with Crippen LogP contribution in [-0.4, -0.2) is 80.1 Å². The van der Waals surface area contributed by atoms with Crippen molar-refractivity contribution >= 4 is 23.4 Å². The largest absolute Gasteiger partial charge is 0.511 e. The van der Waals surface area contributed by atoms with Crippen LogP contribution in [0.5, 0.6) is 5.75 Å². The first-order valence-corrected chi connectivity index (χ1v) is 12.7. The Kier molecular flexibility index (Phi) is 6.31. The van der Waals surface area contributed by atoms with Crippen molar-refractivity contribution in [3.05, 3.63) is 52.0 Å². The maximum Gasteiger partial charge on any atom is 0.307 e. The summed E-state index contributed by atoms with van der Waals surface area (Å²) in [4.78, 5) is 54.2. The molecule has 202 valence electrons. The first-order valence-electron chi connectivity index (χ1n) is 12.7. The van der Waals surface area contributed by atoms with Gasteiger partial charge in [0.1, 0.15) is 28.9 Å². The second-order valence-corrected chi connectivity index (χ2v) is 10.5. The Labute approximate surface area is 218 Å². The molecule has 3 aliphatic carbocycles. The van der Waals surface area contributed by atoms with Gasteiger partial charge in [0.05, 0.1) is 12.0 Å². The van der Waals surface area contributed by atoms with E-state index in [9.17, 15) is 39.6 Å². The van der Waals surface area contributed by atoms with Crippen molar-refractivity contribution in [3.63, 3.8) is 0 Å². The van der Waals surface area contributed by atoms with E-state index in [2.05, 4.69) is 4.90 Å². The number of aliphatic hydroxyl groups excluding tert-OH is 2. The molecular formula is C27H30N2O9. The number of likely N-dealkylation sites (tertiary alicyclic amines) is 1. The molecule has 0 radical (unpaired) electrons. The minimum Gasteiger partial charge on any atom is -0.511 e. The molecular weight excluding hydrogens is 496 g/mol. The SMILES string of the molecule is C[C@H]1c2cccc(O)c2C(=O)C2=C(O)[C@]3(O)C(=O)C(C(N)=O)=C(O)C[C@@H]3[C@@H](OC(=O)CCN3CCCC3)[C@@H]21. The Morgan fingerprint density at radius 1 is 1.16 bits per heavy atom. The van der Waals surface area contributed by atoms with Gasteiger partial charge < -0.3 is 35.8 Å². The highest BCUT2D eigenvalue weighted by molar-refractivity contribution is 6.24. The summed E-state index contributed by atoms with van der Waals surface area (Å²) in [6, 6.07) is 4.49. The fraction of sp³-hybridized carbons (Fsp3) is 0.481. The van der Waals surface area contributed by atoms with E-state index in [1.165, 1.54) is 6.07 Å². The number of fused-ring (bicyclic) bond motifs is 3. The molecule has 0 bridgehead atoms. The summed E-state index contributed by atoms with van der Waals surface area (Å²) >= 11 is 0. The monoisotopic (exact) mass is 526 g/mol. The maximum absolute atomic E-state index is 13.7. The van der Waals surface area contributed by atoms with E-state index in [-0.39, 0.29) is 23.3 Å². The van der Waals surface area contributed by atoms with Gasteiger partial charge in [0.25, 0.3) is 5.91 Å². The number of nitrogens with two attached hydrogens (primary N) is 1. The number of rotatable bonds is 5. The summed E-state index contributed by atoms with van der Waals surface area (Å²) in [5.74, 6) is -9.24. The summed E-state index contributed by atoms with van der Waals surface area (Å²) in [6.45, 7) is 3.88. The van der Waals surface area contributed by atoms with Crippen LogP contribution in [0.15, 0.2) is 40.9 Å². The number of primary amides is 1. The normalized spacial score (nSPS) is 31.1. The number of esters is 1. The molecule has 0 spiro atoms. The second kappa shape index (κ2) is 9.25. The number of phenolic OH excluding ortho intramolecular Hbond substituents is 1. The molecule has 1 amide bonds. The summed E-state index contributed by atoms with van der Waals surface area (Å²) in [6.07, 6.45) is 0.244. The van der Waals surface area contributed by atoms with E-state index < -0.39 is 76.4 Å². The summed E-state index contributed by atoms with van der Waals surface area (Å²) in [5, 5.41) is 44.0. The highest BCUT2D eigenvalue weighted by Crippen LogP contribution is 2.55. The fourth-order valence-corrected chi connectivity index (χ4v) is 6.54. The maximum atomic E-state index is 13.7. The molecule has 4 aliphatic rings. The lowest BCUT2D eigenvalue weighted by Crippen LogP contribution is -2.63. The van der Waals surface area contributed by atoms with Crippen LogP contribution in [-0.2, 0) is 19.1 Å². The van der Waals surface area contributed by atoms with E-state index in [4.69, 9.17) is 10.5 Å². The number of Topliss-reactive ketones (excluding diaryl/α,β-unsaturated/α-hetero) is 2. The number of hydrogen-bond acceptors (Lipinski definition) is 10. The molecule has 1 aromatic carbocycles. The minimum atomic E-state index is -2.86. The van der Waals surface area contributed by atoms with Gasteiger partial charge in [-0.3, -0.25) is 19.2 Å². The zero-order valence-corrected chi connectivity index (χ0v) is 20.8. The van der Waals surface area contributed by atoms with Crippen molar-refractivity contribution in [1.82, 2.24) is 4.90 Å². The molecule has 38 heavy (non-hydrogen) atoms. The van der Waals surface area contributed by atoms with Gasteiger partial charge in [-0.1, -0.05) is 19.1 Å². The van der Waals surface area contributed by atoms with E-state index in [0.717, 1.165) is 25.9 Å². The van der Waals surface area contributed by atoms with Crippen molar-refractivity contribution in [2.24, 2.45) is 17.6 Å². The van der Waals surface area contributed by atoms with E-state index in [0.29, 0.717) is 12.1 Å². The lowest BCUT2D eigenvalue weighted by atomic mass is 9.56. The smallest absolute Gasteiger partial charge is 0.307 e. The van der Waals surface area contributed by atoms with Crippen LogP contribution < -0.4 is 5.73 Å². The van der Waals surface area contributed by atoms with Gasteiger partial charge in [0.15, 0.2) is 11.4 Å². The van der Waals surface area contributed by atoms with Gasteiger partial charge >= 0.3 is 5.97 Å². The Hall–Kier alpha value is -3.70. The van der Waals surface area contributed by atoms with Crippen molar-refractivity contribution in [3.8, 4) is 5.75 Å². The van der Waals surface area contributed by atoms with Gasteiger partial charge in [-0.05, 0) is 43.5 Å². The first-order chi connectivity index (χ1) is 18.0. The van der Waals surface area contributed by atoms with Gasteiger partial charge in [-0.2, -0.15) is 0 Å². The Bertz CT molecular complexity index is 1310. The number of hydrogen-bond donors (Lipinski definition) is 5. The van der Waals surface area contributed by atoms with Crippen molar-refractivity contribution < 1.29 is 44.3 Å². The number of aromatic hydroxyl groups is 1. The fourth-order valence-electron chi connectivity index (χ4n) is 6.54. The molecule has 11 nitrogen and oxygen atoms in total. The number of ether oxygens (including phenoxy) is 1. The first kappa shape index (κ1) is 25.9. The number of nitrogens with zero attached hydrogens (tertiary/aromatic N) is 1. The second-order valence-electron chi connectivity index (χ2n) is 10.5. The van der Waals surface area contributed by atoms with Crippen molar-refractivity contribution in [2.45, 2.75) is 50.2 Å². The Morgan fingerprint density at radius 3 is 2.50 bits per heavy atom. The van der Waals surface area contributed by atoms with E-state index >= 15 is 0 Å². The number of aliphatic hydroxyl groups is 3. The van der Waals surface area contributed by atoms with Crippen LogP contribution in [0.2, 0.25) is 0 Å². The predicted molar refractivity (Wildman–Crippen MR) is 131 cm³/mol. The molecule has 1 fully saturated rings. The van der Waals surface area contributed by atoms with E-state index in [1.807, 2.05) is 0 Å². The molecule has 0 saturated carbocycles. The van der Waals surface area contributed by atoms with Gasteiger partial charge in [-0.15, -0.1) is 0 Å². The number of benzene rings is 1. The molecule has 6 N–H and O–H groups in total. The van der Waals surface area contributed by atoms with E-state index in [1.54, 1.807) is 19.1 Å². The zero-order valence-electron chi connectivity index (χ0n) is 20.8. The molecule has 11 heteroatoms. The van der Waals surface area contributed by atoms with Gasteiger partial charge in [0, 0.05) is 30.4 Å². The number of allylic oxidation sites excluding steroid dienone is 1. The average molecular weight is 527 g/mol. The van der Waals surface area contributed by atoms with Crippen LogP contribution in [0.1, 0.15) is 54.4 Å². The summed E-state index contributed by atoms with van der Waals surface area (Å²) in [7, 11) is 0. The predicted octanol–water partition coefficient (Wildman–Crippen LogP) is 1.15. The molecule has 1 heterocycles. The number of phenols is 1. The average Bonchev–Trinajstić information content (AvgIpc) is 3.38. The highest BCUT2D eigenvalue weighted by Gasteiger charge is 2.65. The van der Waals surface area contributed by atoms with Crippen LogP contribution in [0, 0.1) is 11.8 Å². The van der Waals surface area contributed by atoms with Crippen LogP contribution >= 0.6 is 0 Å². The molecule has 1 aliphatic heterocycles. The van der Waals surface area contributed by atoms with Gasteiger partial charge in [0.2, 0.25) is 5.78 Å². The molecule has 5 rings (SSSR count). The third kappa shape index (κ3) is 3.71. The third-order valence-corrected chi connectivity index (χ3v) is 8.43. The summed E-state index contributed by atoms with van der Waals surface area (Å²) < 4.78 is 5.87. The van der Waals surface area contributed by atoms with Crippen LogP contribution in [0.25, 0.3) is 0 Å². The van der Waals surface area contributed by atoms with Crippen molar-refractivity contribution in [2.75, 3.05) is 19.6 Å². The molecule has 5 atom stereocenters. The number of ketones is 2. The molecule has 1 saturated heterocycles. The number of carbonyl (C=O) groups is 4. The summed E-state index contributed by atoms with van der Waals surface area (Å²) in [5.41, 5.74) is 1.48. The third-order valence-electron chi connectivity index (χ3n) is 8.43. The quantitative estimate of drug-likeness (QED) is 0.275. The Balaban J connectivity index is 1.63. The molecule has 0 unspecified atom stereocenters. The molecule has 0 aromatic heterocycles. The Morgan fingerprint density at radius 2 is 1.84 bits per heavy atom. The van der Waals surface area contributed by atoms with Gasteiger partial charge in [-0.25, -0.2) is 0 Å². The topological polar surface area (TPSA) is 188 Å².